The van der Waals surface area contributed by atoms with Crippen LogP contribution >= 0.6 is 0 Å². The molecule has 8 heteroatoms. The molecule has 3 N–H and O–H groups in total. The van der Waals surface area contributed by atoms with Gasteiger partial charge in [-0.05, 0) is 13.8 Å². The van der Waals surface area contributed by atoms with Crippen LogP contribution < -0.4 is 10.6 Å². The lowest BCUT2D eigenvalue weighted by Gasteiger charge is -2.19. The van der Waals surface area contributed by atoms with E-state index in [1.807, 2.05) is 0 Å². The van der Waals surface area contributed by atoms with E-state index in [2.05, 4.69) is 20.8 Å². The summed E-state index contributed by atoms with van der Waals surface area (Å²) in [5, 5.41) is 21.4. The predicted molar refractivity (Wildman–Crippen MR) is 62.7 cm³/mol. The van der Waals surface area contributed by atoms with Crippen molar-refractivity contribution in [3.05, 3.63) is 12.2 Å². The minimum atomic E-state index is -0.998. The number of aryl methyl sites for hydroxylation is 1. The Morgan fingerprint density at radius 1 is 1.44 bits per heavy atom. The molecule has 0 radical (unpaired) electrons. The number of nitrogens with one attached hydrogen (secondary N) is 2. The number of amides is 2. The molecule has 0 saturated heterocycles. The summed E-state index contributed by atoms with van der Waals surface area (Å²) >= 11 is 0. The standard InChI is InChI=1S/C10H17N5O3/c1-10(2,8(16)17)5-12-9(18)11-4-7-14-13-6-15(7)3/h6H,4-5H2,1-3H3,(H,16,17)(H2,11,12,18). The maximum absolute atomic E-state index is 11.4. The van der Waals surface area contributed by atoms with Gasteiger partial charge in [-0.3, -0.25) is 4.79 Å². The van der Waals surface area contributed by atoms with Crippen molar-refractivity contribution in [1.29, 1.82) is 0 Å². The highest BCUT2D eigenvalue weighted by atomic mass is 16.4. The SMILES string of the molecule is Cn1cnnc1CNC(=O)NCC(C)(C)C(=O)O. The van der Waals surface area contributed by atoms with Gasteiger partial charge in [-0.25, -0.2) is 4.79 Å². The van der Waals surface area contributed by atoms with Gasteiger partial charge in [0.15, 0.2) is 5.82 Å². The molecular weight excluding hydrogens is 238 g/mol. The molecule has 0 aliphatic heterocycles. The number of rotatable bonds is 5. The molecule has 0 aliphatic carbocycles. The molecule has 0 unspecified atom stereocenters. The van der Waals surface area contributed by atoms with Gasteiger partial charge < -0.3 is 20.3 Å². The number of carboxylic acids is 1. The largest absolute Gasteiger partial charge is 0.481 e. The second-order valence-corrected chi connectivity index (χ2v) is 4.58. The lowest BCUT2D eigenvalue weighted by atomic mass is 9.94. The van der Waals surface area contributed by atoms with Crippen molar-refractivity contribution in [2.45, 2.75) is 20.4 Å². The first-order chi connectivity index (χ1) is 8.33. The van der Waals surface area contributed by atoms with Crippen LogP contribution in [0.2, 0.25) is 0 Å². The lowest BCUT2D eigenvalue weighted by molar-refractivity contribution is -0.146. The van der Waals surface area contributed by atoms with Crippen molar-refractivity contribution in [1.82, 2.24) is 25.4 Å². The third-order valence-corrected chi connectivity index (χ3v) is 2.48. The molecular formula is C10H17N5O3. The predicted octanol–water partition coefficient (Wildman–Crippen LogP) is -0.275. The van der Waals surface area contributed by atoms with Gasteiger partial charge in [0.2, 0.25) is 0 Å². The van der Waals surface area contributed by atoms with Gasteiger partial charge in [0.1, 0.15) is 6.33 Å². The quantitative estimate of drug-likeness (QED) is 0.670. The average Bonchev–Trinajstić information content (AvgIpc) is 2.69. The normalized spacial score (nSPS) is 11.1. The third kappa shape index (κ3) is 3.72. The fraction of sp³-hybridized carbons (Fsp3) is 0.600. The molecule has 1 heterocycles. The first-order valence-electron chi connectivity index (χ1n) is 5.41. The molecule has 1 aromatic heterocycles. The molecule has 2 amide bonds. The number of carboxylic acid groups (broad SMARTS) is 1. The van der Waals surface area contributed by atoms with Crippen molar-refractivity contribution in [3.8, 4) is 0 Å². The van der Waals surface area contributed by atoms with E-state index in [0.717, 1.165) is 0 Å². The summed E-state index contributed by atoms with van der Waals surface area (Å²) in [6.45, 7) is 3.36. The summed E-state index contributed by atoms with van der Waals surface area (Å²) in [6.07, 6.45) is 1.53. The Morgan fingerprint density at radius 3 is 2.61 bits per heavy atom. The van der Waals surface area contributed by atoms with E-state index < -0.39 is 17.4 Å². The molecule has 18 heavy (non-hydrogen) atoms. The fourth-order valence-corrected chi connectivity index (χ4v) is 1.07. The number of carbonyl (C=O) groups is 2. The van der Waals surface area contributed by atoms with Gasteiger partial charge in [0.25, 0.3) is 0 Å². The summed E-state index contributed by atoms with van der Waals surface area (Å²) in [4.78, 5) is 22.3. The van der Waals surface area contributed by atoms with Crippen LogP contribution in [-0.4, -0.2) is 38.4 Å². The summed E-state index contributed by atoms with van der Waals surface area (Å²) < 4.78 is 1.68. The van der Waals surface area contributed by atoms with Gasteiger partial charge in [-0.2, -0.15) is 0 Å². The van der Waals surface area contributed by atoms with E-state index in [9.17, 15) is 9.59 Å². The van der Waals surface area contributed by atoms with E-state index >= 15 is 0 Å². The van der Waals surface area contributed by atoms with Crippen molar-refractivity contribution in [2.75, 3.05) is 6.54 Å². The molecule has 0 fully saturated rings. The topological polar surface area (TPSA) is 109 Å². The van der Waals surface area contributed by atoms with E-state index in [0.29, 0.717) is 5.82 Å². The Balaban J connectivity index is 2.35. The van der Waals surface area contributed by atoms with Crippen LogP contribution in [0.15, 0.2) is 6.33 Å². The number of carbonyl (C=O) groups excluding carboxylic acids is 1. The van der Waals surface area contributed by atoms with Crippen LogP contribution in [0.1, 0.15) is 19.7 Å². The highest BCUT2D eigenvalue weighted by Gasteiger charge is 2.27. The van der Waals surface area contributed by atoms with Crippen LogP contribution in [0.25, 0.3) is 0 Å². The Hall–Kier alpha value is -2.12. The fourth-order valence-electron chi connectivity index (χ4n) is 1.07. The van der Waals surface area contributed by atoms with Crippen LogP contribution in [0, 0.1) is 5.41 Å². The molecule has 0 bridgehead atoms. The van der Waals surface area contributed by atoms with Crippen molar-refractivity contribution in [2.24, 2.45) is 12.5 Å². The Labute approximate surface area is 104 Å². The van der Waals surface area contributed by atoms with Crippen molar-refractivity contribution >= 4 is 12.0 Å². The van der Waals surface area contributed by atoms with E-state index in [-0.39, 0.29) is 13.1 Å². The highest BCUT2D eigenvalue weighted by Crippen LogP contribution is 2.12. The zero-order valence-corrected chi connectivity index (χ0v) is 10.6. The Morgan fingerprint density at radius 2 is 2.11 bits per heavy atom. The summed E-state index contributed by atoms with van der Waals surface area (Å²) in [5.74, 6) is -0.348. The minimum absolute atomic E-state index is 0.0486. The number of aromatic nitrogens is 3. The number of aliphatic carboxylic acids is 1. The van der Waals surface area contributed by atoms with Crippen LogP contribution in [0.5, 0.6) is 0 Å². The third-order valence-electron chi connectivity index (χ3n) is 2.48. The maximum Gasteiger partial charge on any atom is 0.315 e. The van der Waals surface area contributed by atoms with E-state index in [1.165, 1.54) is 20.2 Å². The monoisotopic (exact) mass is 255 g/mol. The van der Waals surface area contributed by atoms with Crippen LogP contribution in [0.3, 0.4) is 0 Å². The second kappa shape index (κ2) is 5.48. The number of nitrogens with zero attached hydrogens (tertiary/aromatic N) is 3. The maximum atomic E-state index is 11.4. The van der Waals surface area contributed by atoms with Gasteiger partial charge in [-0.15, -0.1) is 10.2 Å². The van der Waals surface area contributed by atoms with Crippen molar-refractivity contribution in [3.63, 3.8) is 0 Å². The molecule has 0 atom stereocenters. The minimum Gasteiger partial charge on any atom is -0.481 e. The number of hydrogen-bond donors (Lipinski definition) is 3. The van der Waals surface area contributed by atoms with Gasteiger partial charge in [0.05, 0.1) is 12.0 Å². The molecule has 0 aromatic carbocycles. The highest BCUT2D eigenvalue weighted by molar-refractivity contribution is 5.77. The number of urea groups is 1. The van der Waals surface area contributed by atoms with Crippen LogP contribution in [-0.2, 0) is 18.4 Å². The summed E-state index contributed by atoms with van der Waals surface area (Å²) in [5.41, 5.74) is -0.998. The zero-order chi connectivity index (χ0) is 13.8. The Bertz CT molecular complexity index is 440. The molecule has 1 rings (SSSR count). The van der Waals surface area contributed by atoms with Gasteiger partial charge in [0, 0.05) is 13.6 Å². The second-order valence-electron chi connectivity index (χ2n) is 4.58. The Kier molecular flexibility index (Phi) is 4.24. The molecule has 0 saturated carbocycles. The zero-order valence-electron chi connectivity index (χ0n) is 10.6. The van der Waals surface area contributed by atoms with Crippen LogP contribution in [0.4, 0.5) is 4.79 Å². The lowest BCUT2D eigenvalue weighted by Crippen LogP contribution is -2.43. The first kappa shape index (κ1) is 13.9. The molecule has 0 spiro atoms. The average molecular weight is 255 g/mol. The smallest absolute Gasteiger partial charge is 0.315 e. The van der Waals surface area contributed by atoms with E-state index in [1.54, 1.807) is 11.6 Å². The first-order valence-corrected chi connectivity index (χ1v) is 5.41. The molecule has 0 aliphatic rings. The molecule has 1 aromatic rings. The van der Waals surface area contributed by atoms with Gasteiger partial charge in [-0.1, -0.05) is 0 Å². The van der Waals surface area contributed by atoms with E-state index in [4.69, 9.17) is 5.11 Å². The number of hydrogen-bond acceptors (Lipinski definition) is 4. The molecule has 8 nitrogen and oxygen atoms in total. The summed E-state index contributed by atoms with van der Waals surface area (Å²) in [6, 6.07) is -0.438. The van der Waals surface area contributed by atoms with Crippen molar-refractivity contribution < 1.29 is 14.7 Å². The summed E-state index contributed by atoms with van der Waals surface area (Å²) in [7, 11) is 1.77. The van der Waals surface area contributed by atoms with Gasteiger partial charge >= 0.3 is 12.0 Å². The molecule has 100 valence electrons.